The summed E-state index contributed by atoms with van der Waals surface area (Å²) < 4.78 is 5.16. The lowest BCUT2D eigenvalue weighted by molar-refractivity contribution is -0.116. The van der Waals surface area contributed by atoms with E-state index in [0.717, 1.165) is 10.6 Å². The van der Waals surface area contributed by atoms with Gasteiger partial charge in [-0.1, -0.05) is 35.9 Å². The number of hydrogen-bond donors (Lipinski definition) is 1. The maximum atomic E-state index is 12.8. The number of benzene rings is 2. The molecule has 0 fully saturated rings. The van der Waals surface area contributed by atoms with Crippen molar-refractivity contribution in [3.05, 3.63) is 65.2 Å². The fourth-order valence-corrected chi connectivity index (χ4v) is 3.56. The lowest BCUT2D eigenvalue weighted by atomic mass is 10.2. The van der Waals surface area contributed by atoms with E-state index in [1.165, 1.54) is 21.8 Å². The van der Waals surface area contributed by atoms with Gasteiger partial charge in [-0.25, -0.2) is 4.98 Å². The van der Waals surface area contributed by atoms with Crippen molar-refractivity contribution in [1.82, 2.24) is 9.88 Å². The second-order valence-corrected chi connectivity index (χ2v) is 7.36. The number of aromatic nitrogens is 1. The van der Waals surface area contributed by atoms with Crippen molar-refractivity contribution in [2.45, 2.75) is 13.8 Å². The summed E-state index contributed by atoms with van der Waals surface area (Å²) >= 11 is 1.42. The third-order valence-corrected chi connectivity index (χ3v) is 5.27. The van der Waals surface area contributed by atoms with Crippen LogP contribution in [0.5, 0.6) is 5.75 Å². The Morgan fingerprint density at radius 2 is 1.93 bits per heavy atom. The van der Waals surface area contributed by atoms with Crippen LogP contribution in [0.25, 0.3) is 10.6 Å². The molecule has 29 heavy (non-hydrogen) atoms. The van der Waals surface area contributed by atoms with Crippen molar-refractivity contribution < 1.29 is 14.3 Å². The molecular weight excluding hydrogens is 386 g/mol. The molecule has 0 saturated carbocycles. The van der Waals surface area contributed by atoms with Gasteiger partial charge in [0.25, 0.3) is 5.91 Å². The molecular formula is C22H23N3O3S. The molecule has 0 aliphatic carbocycles. The summed E-state index contributed by atoms with van der Waals surface area (Å²) in [6, 6.07) is 15.1. The Morgan fingerprint density at radius 1 is 1.17 bits per heavy atom. The van der Waals surface area contributed by atoms with Gasteiger partial charge in [-0.3, -0.25) is 9.59 Å². The van der Waals surface area contributed by atoms with E-state index in [-0.39, 0.29) is 18.4 Å². The van der Waals surface area contributed by atoms with Crippen molar-refractivity contribution in [3.63, 3.8) is 0 Å². The minimum Gasteiger partial charge on any atom is -0.497 e. The summed E-state index contributed by atoms with van der Waals surface area (Å²) in [5.41, 5.74) is 3.11. The van der Waals surface area contributed by atoms with Crippen LogP contribution in [0, 0.1) is 6.92 Å². The highest BCUT2D eigenvalue weighted by Crippen LogP contribution is 2.24. The molecule has 3 aromatic rings. The number of anilines is 1. The van der Waals surface area contributed by atoms with E-state index in [0.29, 0.717) is 23.7 Å². The number of methoxy groups -OCH3 is 1. The highest BCUT2D eigenvalue weighted by Gasteiger charge is 2.20. The molecule has 0 aliphatic rings. The Morgan fingerprint density at radius 3 is 2.62 bits per heavy atom. The highest BCUT2D eigenvalue weighted by molar-refractivity contribution is 7.13. The number of carbonyl (C=O) groups excluding carboxylic acids is 2. The lowest BCUT2D eigenvalue weighted by Gasteiger charge is -2.19. The number of ether oxygens (including phenoxy) is 1. The number of hydrogen-bond acceptors (Lipinski definition) is 5. The topological polar surface area (TPSA) is 71.5 Å². The van der Waals surface area contributed by atoms with Gasteiger partial charge >= 0.3 is 0 Å². The Hall–Kier alpha value is -3.19. The second-order valence-electron chi connectivity index (χ2n) is 6.50. The number of nitrogens with one attached hydrogen (secondary N) is 1. The van der Waals surface area contributed by atoms with Crippen LogP contribution >= 0.6 is 11.3 Å². The summed E-state index contributed by atoms with van der Waals surface area (Å²) in [4.78, 5) is 31.2. The van der Waals surface area contributed by atoms with Gasteiger partial charge in [0.15, 0.2) is 0 Å². The molecule has 0 spiro atoms. The van der Waals surface area contributed by atoms with Gasteiger partial charge in [-0.2, -0.15) is 0 Å². The first-order chi connectivity index (χ1) is 14.0. The smallest absolute Gasteiger partial charge is 0.273 e. The van der Waals surface area contributed by atoms with E-state index in [1.807, 2.05) is 38.1 Å². The summed E-state index contributed by atoms with van der Waals surface area (Å²) in [6.07, 6.45) is 0. The molecule has 0 saturated heterocycles. The molecule has 6 nitrogen and oxygen atoms in total. The maximum absolute atomic E-state index is 12.8. The first-order valence-corrected chi connectivity index (χ1v) is 10.1. The predicted molar refractivity (Wildman–Crippen MR) is 115 cm³/mol. The van der Waals surface area contributed by atoms with E-state index in [4.69, 9.17) is 4.74 Å². The van der Waals surface area contributed by atoms with Crippen LogP contribution in [0.3, 0.4) is 0 Å². The number of nitrogens with zero attached hydrogens (tertiary/aromatic N) is 2. The third-order valence-electron chi connectivity index (χ3n) is 4.38. The first kappa shape index (κ1) is 20.5. The van der Waals surface area contributed by atoms with Crippen LogP contribution in [-0.4, -0.2) is 41.9 Å². The average molecular weight is 410 g/mol. The van der Waals surface area contributed by atoms with Gasteiger partial charge < -0.3 is 15.0 Å². The van der Waals surface area contributed by atoms with Gasteiger partial charge in [-0.05, 0) is 26.0 Å². The molecule has 0 aliphatic heterocycles. The zero-order valence-corrected chi connectivity index (χ0v) is 17.5. The monoisotopic (exact) mass is 409 g/mol. The van der Waals surface area contributed by atoms with Crippen molar-refractivity contribution >= 4 is 28.8 Å². The Balaban J connectivity index is 1.67. The Kier molecular flexibility index (Phi) is 6.61. The van der Waals surface area contributed by atoms with Gasteiger partial charge in [0.1, 0.15) is 23.0 Å². The van der Waals surface area contributed by atoms with E-state index >= 15 is 0 Å². The standard InChI is InChI=1S/C22H23N3O3S/c1-4-25(13-20(26)23-17-6-5-7-18(12-17)28-3)22(27)19-14-29-21(24-19)16-10-8-15(2)9-11-16/h5-12,14H,4,13H2,1-3H3,(H,23,26). The molecule has 2 aromatic carbocycles. The van der Waals surface area contributed by atoms with Gasteiger partial charge in [0, 0.05) is 29.2 Å². The molecule has 0 bridgehead atoms. The summed E-state index contributed by atoms with van der Waals surface area (Å²) in [5.74, 6) is 0.114. The number of rotatable bonds is 7. The largest absolute Gasteiger partial charge is 0.497 e. The number of aryl methyl sites for hydroxylation is 1. The molecule has 7 heteroatoms. The molecule has 3 rings (SSSR count). The molecule has 1 N–H and O–H groups in total. The quantitative estimate of drug-likeness (QED) is 0.634. The predicted octanol–water partition coefficient (Wildman–Crippen LogP) is 4.23. The number of likely N-dealkylation sites (N-methyl/N-ethyl adjacent to an activating group) is 1. The molecule has 1 aromatic heterocycles. The first-order valence-electron chi connectivity index (χ1n) is 9.26. The fourth-order valence-electron chi connectivity index (χ4n) is 2.76. The zero-order chi connectivity index (χ0) is 20.8. The third kappa shape index (κ3) is 5.20. The lowest BCUT2D eigenvalue weighted by Crippen LogP contribution is -2.38. The maximum Gasteiger partial charge on any atom is 0.273 e. The van der Waals surface area contributed by atoms with Gasteiger partial charge in [-0.15, -0.1) is 11.3 Å². The van der Waals surface area contributed by atoms with Crippen LogP contribution in [0.4, 0.5) is 5.69 Å². The summed E-state index contributed by atoms with van der Waals surface area (Å²) in [6.45, 7) is 4.21. The minimum absolute atomic E-state index is 0.0517. The van der Waals surface area contributed by atoms with Crippen LogP contribution in [0.15, 0.2) is 53.9 Å². The molecule has 0 unspecified atom stereocenters. The molecule has 2 amide bonds. The van der Waals surface area contributed by atoms with Crippen LogP contribution < -0.4 is 10.1 Å². The van der Waals surface area contributed by atoms with Crippen molar-refractivity contribution in [2.75, 3.05) is 25.5 Å². The van der Waals surface area contributed by atoms with E-state index in [2.05, 4.69) is 10.3 Å². The van der Waals surface area contributed by atoms with Gasteiger partial charge in [0.2, 0.25) is 5.91 Å². The highest BCUT2D eigenvalue weighted by atomic mass is 32.1. The van der Waals surface area contributed by atoms with Crippen molar-refractivity contribution in [2.24, 2.45) is 0 Å². The van der Waals surface area contributed by atoms with Gasteiger partial charge in [0.05, 0.1) is 7.11 Å². The number of thiazole rings is 1. The SMILES string of the molecule is CCN(CC(=O)Nc1cccc(OC)c1)C(=O)c1csc(-c2ccc(C)cc2)n1. The van der Waals surface area contributed by atoms with Crippen molar-refractivity contribution in [3.8, 4) is 16.3 Å². The van der Waals surface area contributed by atoms with Crippen molar-refractivity contribution in [1.29, 1.82) is 0 Å². The van der Waals surface area contributed by atoms with Crippen LogP contribution in [0.2, 0.25) is 0 Å². The van der Waals surface area contributed by atoms with Crippen LogP contribution in [0.1, 0.15) is 23.0 Å². The Bertz CT molecular complexity index is 999. The van der Waals surface area contributed by atoms with Crippen LogP contribution in [-0.2, 0) is 4.79 Å². The van der Waals surface area contributed by atoms with E-state index < -0.39 is 0 Å². The molecule has 0 atom stereocenters. The van der Waals surface area contributed by atoms with E-state index in [9.17, 15) is 9.59 Å². The minimum atomic E-state index is -0.276. The summed E-state index contributed by atoms with van der Waals surface area (Å²) in [7, 11) is 1.57. The second kappa shape index (κ2) is 9.34. The number of carbonyl (C=O) groups is 2. The molecule has 1 heterocycles. The zero-order valence-electron chi connectivity index (χ0n) is 16.6. The normalized spacial score (nSPS) is 10.4. The molecule has 0 radical (unpaired) electrons. The molecule has 150 valence electrons. The fraction of sp³-hybridized carbons (Fsp3) is 0.227. The Labute approximate surface area is 174 Å². The number of amides is 2. The van der Waals surface area contributed by atoms with E-state index in [1.54, 1.807) is 36.8 Å². The average Bonchev–Trinajstić information content (AvgIpc) is 3.22. The summed E-state index contributed by atoms with van der Waals surface area (Å²) in [5, 5.41) is 5.31.